The molecule has 18 heavy (non-hydrogen) atoms. The molecule has 0 aromatic carbocycles. The number of hydrogen-bond acceptors (Lipinski definition) is 3. The average Bonchev–Trinajstić information content (AvgIpc) is 2.78. The first-order valence-electron chi connectivity index (χ1n) is 6.67. The van der Waals surface area contributed by atoms with E-state index in [1.807, 2.05) is 7.05 Å². The number of halogens is 1. The van der Waals surface area contributed by atoms with Crippen molar-refractivity contribution in [1.29, 1.82) is 0 Å². The van der Waals surface area contributed by atoms with Gasteiger partial charge >= 0.3 is 0 Å². The zero-order valence-corrected chi connectivity index (χ0v) is 14.3. The van der Waals surface area contributed by atoms with Crippen LogP contribution in [0.2, 0.25) is 0 Å². The van der Waals surface area contributed by atoms with E-state index >= 15 is 0 Å². The van der Waals surface area contributed by atoms with E-state index in [1.165, 1.54) is 38.1 Å². The second-order valence-corrected chi connectivity index (χ2v) is 6.12. The van der Waals surface area contributed by atoms with Crippen LogP contribution in [0, 0.1) is 0 Å². The first-order chi connectivity index (χ1) is 8.38. The molecule has 0 aliphatic carbocycles. The fraction of sp³-hybridized carbons (Fsp3) is 0.917. The second-order valence-electron chi connectivity index (χ2n) is 4.71. The van der Waals surface area contributed by atoms with Crippen LogP contribution in [0.25, 0.3) is 0 Å². The monoisotopic (exact) mass is 384 g/mol. The van der Waals surface area contributed by atoms with Crippen LogP contribution in [0.5, 0.6) is 0 Å². The third-order valence-corrected chi connectivity index (χ3v) is 4.81. The lowest BCUT2D eigenvalue weighted by Crippen LogP contribution is -2.46. The lowest BCUT2D eigenvalue weighted by Gasteiger charge is -2.30. The zero-order chi connectivity index (χ0) is 11.9. The Morgan fingerprint density at radius 1 is 1.33 bits per heavy atom. The Kier molecular flexibility index (Phi) is 8.41. The summed E-state index contributed by atoms with van der Waals surface area (Å²) in [5, 5.41) is 7.58. The first-order valence-corrected chi connectivity index (χ1v) is 7.72. The summed E-state index contributed by atoms with van der Waals surface area (Å²) in [6.07, 6.45) is 4.09. The van der Waals surface area contributed by atoms with Crippen molar-refractivity contribution in [2.75, 3.05) is 45.5 Å². The van der Waals surface area contributed by atoms with Gasteiger partial charge in [0.15, 0.2) is 5.96 Å². The van der Waals surface area contributed by atoms with E-state index in [9.17, 15) is 0 Å². The molecule has 1 atom stereocenters. The van der Waals surface area contributed by atoms with Gasteiger partial charge in [-0.3, -0.25) is 4.99 Å². The van der Waals surface area contributed by atoms with Crippen LogP contribution in [-0.2, 0) is 0 Å². The second kappa shape index (κ2) is 9.25. The van der Waals surface area contributed by atoms with Crippen molar-refractivity contribution < 1.29 is 0 Å². The Labute approximate surface area is 132 Å². The van der Waals surface area contributed by atoms with Crippen molar-refractivity contribution in [3.63, 3.8) is 0 Å². The molecular formula is C12H25IN4S. The molecule has 2 fully saturated rings. The van der Waals surface area contributed by atoms with E-state index in [4.69, 9.17) is 0 Å². The van der Waals surface area contributed by atoms with Crippen LogP contribution in [0.15, 0.2) is 4.99 Å². The quantitative estimate of drug-likeness (QED) is 0.427. The molecule has 6 heteroatoms. The topological polar surface area (TPSA) is 39.7 Å². The molecule has 4 nitrogen and oxygen atoms in total. The van der Waals surface area contributed by atoms with Crippen LogP contribution in [0.1, 0.15) is 19.3 Å². The van der Waals surface area contributed by atoms with Crippen molar-refractivity contribution >= 4 is 41.7 Å². The Morgan fingerprint density at radius 3 is 2.72 bits per heavy atom. The van der Waals surface area contributed by atoms with Crippen molar-refractivity contribution in [3.8, 4) is 0 Å². The summed E-state index contributed by atoms with van der Waals surface area (Å²) < 4.78 is 0. The SMILES string of the molecule is CN=C(NCCN1CCC1)NCC1CCCS1.I. The molecule has 0 spiro atoms. The Balaban J connectivity index is 0.00000162. The Hall–Kier alpha value is 0.310. The summed E-state index contributed by atoms with van der Waals surface area (Å²) in [4.78, 5) is 6.72. The summed E-state index contributed by atoms with van der Waals surface area (Å²) >= 11 is 2.08. The lowest BCUT2D eigenvalue weighted by atomic mass is 10.2. The van der Waals surface area contributed by atoms with E-state index in [1.54, 1.807) is 0 Å². The molecule has 1 unspecified atom stereocenters. The molecule has 2 aliphatic rings. The highest BCUT2D eigenvalue weighted by Crippen LogP contribution is 2.25. The van der Waals surface area contributed by atoms with Gasteiger partial charge in [0.1, 0.15) is 0 Å². The van der Waals surface area contributed by atoms with Crippen molar-refractivity contribution in [2.45, 2.75) is 24.5 Å². The molecule has 2 aliphatic heterocycles. The minimum absolute atomic E-state index is 0. The molecule has 2 saturated heterocycles. The van der Waals surface area contributed by atoms with Gasteiger partial charge in [0.05, 0.1) is 0 Å². The summed E-state index contributed by atoms with van der Waals surface area (Å²) in [6.45, 7) is 5.73. The van der Waals surface area contributed by atoms with Crippen molar-refractivity contribution in [2.24, 2.45) is 4.99 Å². The van der Waals surface area contributed by atoms with Crippen LogP contribution in [0.4, 0.5) is 0 Å². The average molecular weight is 384 g/mol. The molecule has 0 aromatic heterocycles. The van der Waals surface area contributed by atoms with E-state index in [0.717, 1.165) is 30.8 Å². The maximum atomic E-state index is 4.26. The fourth-order valence-electron chi connectivity index (χ4n) is 2.17. The summed E-state index contributed by atoms with van der Waals surface area (Å²) in [7, 11) is 1.85. The van der Waals surface area contributed by atoms with Gasteiger partial charge in [-0.1, -0.05) is 0 Å². The number of rotatable bonds is 5. The molecule has 2 N–H and O–H groups in total. The third kappa shape index (κ3) is 5.52. The van der Waals surface area contributed by atoms with E-state index in [0.29, 0.717) is 0 Å². The minimum Gasteiger partial charge on any atom is -0.355 e. The molecule has 106 valence electrons. The summed E-state index contributed by atoms with van der Waals surface area (Å²) in [5.41, 5.74) is 0. The van der Waals surface area contributed by atoms with Gasteiger partial charge in [-0.25, -0.2) is 0 Å². The first kappa shape index (κ1) is 16.4. The standard InChI is InChI=1S/C12H24N4S.HI/c1-13-12(14-5-8-16-6-3-7-16)15-10-11-4-2-9-17-11;/h11H,2-10H2,1H3,(H2,13,14,15);1H. The van der Waals surface area contributed by atoms with E-state index < -0.39 is 0 Å². The normalized spacial score (nSPS) is 24.3. The fourth-order valence-corrected chi connectivity index (χ4v) is 3.38. The van der Waals surface area contributed by atoms with Gasteiger partial charge in [0.2, 0.25) is 0 Å². The molecular weight excluding hydrogens is 359 g/mol. The van der Waals surface area contributed by atoms with E-state index in [2.05, 4.69) is 32.3 Å². The highest BCUT2D eigenvalue weighted by molar-refractivity contribution is 14.0. The van der Waals surface area contributed by atoms with Crippen LogP contribution in [0.3, 0.4) is 0 Å². The largest absolute Gasteiger partial charge is 0.355 e. The summed E-state index contributed by atoms with van der Waals surface area (Å²) in [5.74, 6) is 2.28. The summed E-state index contributed by atoms with van der Waals surface area (Å²) in [6, 6.07) is 0. The van der Waals surface area contributed by atoms with Gasteiger partial charge in [-0.15, -0.1) is 24.0 Å². The van der Waals surface area contributed by atoms with Gasteiger partial charge in [0.25, 0.3) is 0 Å². The number of hydrogen-bond donors (Lipinski definition) is 2. The van der Waals surface area contributed by atoms with Gasteiger partial charge in [-0.05, 0) is 38.1 Å². The number of guanidine groups is 1. The third-order valence-electron chi connectivity index (χ3n) is 3.41. The number of aliphatic imine (C=N–C) groups is 1. The Morgan fingerprint density at radius 2 is 2.17 bits per heavy atom. The zero-order valence-electron chi connectivity index (χ0n) is 11.2. The smallest absolute Gasteiger partial charge is 0.191 e. The number of likely N-dealkylation sites (tertiary alicyclic amines) is 1. The maximum Gasteiger partial charge on any atom is 0.191 e. The highest BCUT2D eigenvalue weighted by Gasteiger charge is 2.16. The molecule has 0 bridgehead atoms. The van der Waals surface area contributed by atoms with Crippen LogP contribution < -0.4 is 10.6 Å². The van der Waals surface area contributed by atoms with Crippen molar-refractivity contribution in [3.05, 3.63) is 0 Å². The molecule has 0 amide bonds. The number of thioether (sulfide) groups is 1. The lowest BCUT2D eigenvalue weighted by molar-refractivity contribution is 0.185. The van der Waals surface area contributed by atoms with Crippen molar-refractivity contribution in [1.82, 2.24) is 15.5 Å². The number of nitrogens with zero attached hydrogens (tertiary/aromatic N) is 2. The van der Waals surface area contributed by atoms with Gasteiger partial charge in [0, 0.05) is 31.9 Å². The van der Waals surface area contributed by atoms with Crippen LogP contribution in [-0.4, -0.2) is 61.6 Å². The molecule has 0 saturated carbocycles. The van der Waals surface area contributed by atoms with Crippen LogP contribution >= 0.6 is 35.7 Å². The van der Waals surface area contributed by atoms with Gasteiger partial charge in [-0.2, -0.15) is 11.8 Å². The predicted octanol–water partition coefficient (Wildman–Crippen LogP) is 1.37. The number of nitrogens with one attached hydrogen (secondary N) is 2. The predicted molar refractivity (Wildman–Crippen MR) is 91.3 cm³/mol. The highest BCUT2D eigenvalue weighted by atomic mass is 127. The maximum absolute atomic E-state index is 4.26. The molecule has 0 aromatic rings. The Bertz CT molecular complexity index is 252. The molecule has 0 radical (unpaired) electrons. The molecule has 2 heterocycles. The van der Waals surface area contributed by atoms with E-state index in [-0.39, 0.29) is 24.0 Å². The molecule has 2 rings (SSSR count). The van der Waals surface area contributed by atoms with Gasteiger partial charge < -0.3 is 15.5 Å². The minimum atomic E-state index is 0.